The van der Waals surface area contributed by atoms with Crippen molar-refractivity contribution in [2.75, 3.05) is 18.5 Å². The van der Waals surface area contributed by atoms with Crippen molar-refractivity contribution in [3.8, 4) is 5.75 Å². The van der Waals surface area contributed by atoms with Crippen molar-refractivity contribution in [1.29, 1.82) is 0 Å². The Balaban J connectivity index is 1.97. The minimum atomic E-state index is -0.603. The summed E-state index contributed by atoms with van der Waals surface area (Å²) < 4.78 is 5.78. The zero-order chi connectivity index (χ0) is 18.1. The molecule has 1 amide bonds. The summed E-state index contributed by atoms with van der Waals surface area (Å²) >= 11 is 0. The van der Waals surface area contributed by atoms with Gasteiger partial charge in [0.15, 0.2) is 0 Å². The van der Waals surface area contributed by atoms with Crippen LogP contribution in [-0.4, -0.2) is 24.2 Å². The van der Waals surface area contributed by atoms with Crippen LogP contribution in [0.25, 0.3) is 0 Å². The van der Waals surface area contributed by atoms with Crippen LogP contribution >= 0.6 is 0 Å². The molecular formula is C21H27NO3. The molecule has 0 bridgehead atoms. The lowest BCUT2D eigenvalue weighted by Gasteiger charge is -2.16. The molecule has 2 N–H and O–H groups in total. The van der Waals surface area contributed by atoms with Crippen molar-refractivity contribution < 1.29 is 14.6 Å². The number of aliphatic hydroxyl groups is 1. The van der Waals surface area contributed by atoms with E-state index < -0.39 is 5.92 Å². The van der Waals surface area contributed by atoms with Crippen molar-refractivity contribution >= 4 is 11.6 Å². The van der Waals surface area contributed by atoms with Gasteiger partial charge in [-0.15, -0.1) is 0 Å². The van der Waals surface area contributed by atoms with E-state index in [0.29, 0.717) is 12.5 Å². The molecule has 2 aromatic rings. The van der Waals surface area contributed by atoms with Crippen molar-refractivity contribution in [2.45, 2.75) is 32.6 Å². The van der Waals surface area contributed by atoms with E-state index in [4.69, 9.17) is 4.74 Å². The van der Waals surface area contributed by atoms with Gasteiger partial charge in [0.25, 0.3) is 0 Å². The summed E-state index contributed by atoms with van der Waals surface area (Å²) in [6.45, 7) is 4.78. The number of anilines is 1. The Morgan fingerprint density at radius 1 is 1.12 bits per heavy atom. The number of amides is 1. The predicted molar refractivity (Wildman–Crippen MR) is 101 cm³/mol. The molecule has 2 aromatic carbocycles. The van der Waals surface area contributed by atoms with Crippen LogP contribution in [0, 0.1) is 5.92 Å². The fraction of sp³-hybridized carbons (Fsp3) is 0.381. The number of rotatable bonds is 9. The summed E-state index contributed by atoms with van der Waals surface area (Å²) in [4.78, 5) is 12.4. The summed E-state index contributed by atoms with van der Waals surface area (Å²) in [5.41, 5.74) is 1.49. The molecule has 4 nitrogen and oxygen atoms in total. The van der Waals surface area contributed by atoms with Crippen LogP contribution < -0.4 is 10.1 Å². The third-order valence-corrected chi connectivity index (χ3v) is 4.14. The monoisotopic (exact) mass is 341 g/mol. The molecule has 134 valence electrons. The lowest BCUT2D eigenvalue weighted by molar-refractivity contribution is -0.118. The molecular weight excluding hydrogens is 314 g/mol. The number of ether oxygens (including phenoxy) is 1. The van der Waals surface area contributed by atoms with Gasteiger partial charge < -0.3 is 15.2 Å². The first-order valence-corrected chi connectivity index (χ1v) is 8.83. The Bertz CT molecular complexity index is 640. The van der Waals surface area contributed by atoms with E-state index >= 15 is 0 Å². The largest absolute Gasteiger partial charge is 0.493 e. The summed E-state index contributed by atoms with van der Waals surface area (Å²) in [6, 6.07) is 16.6. The highest BCUT2D eigenvalue weighted by atomic mass is 16.5. The first kappa shape index (κ1) is 19.0. The van der Waals surface area contributed by atoms with E-state index in [1.807, 2.05) is 54.6 Å². The molecule has 0 spiro atoms. The van der Waals surface area contributed by atoms with Crippen LogP contribution in [-0.2, 0) is 4.79 Å². The fourth-order valence-corrected chi connectivity index (χ4v) is 2.70. The van der Waals surface area contributed by atoms with Gasteiger partial charge in [-0.1, -0.05) is 50.6 Å². The van der Waals surface area contributed by atoms with E-state index in [1.165, 1.54) is 0 Å². The lowest BCUT2D eigenvalue weighted by Crippen LogP contribution is -2.23. The molecule has 25 heavy (non-hydrogen) atoms. The van der Waals surface area contributed by atoms with E-state index in [2.05, 4.69) is 19.2 Å². The summed E-state index contributed by atoms with van der Waals surface area (Å²) in [7, 11) is 0. The number of aliphatic hydroxyl groups excluding tert-OH is 1. The molecule has 0 aliphatic carbocycles. The number of nitrogens with one attached hydrogen (secondary N) is 1. The zero-order valence-corrected chi connectivity index (χ0v) is 14.9. The van der Waals surface area contributed by atoms with Gasteiger partial charge in [-0.25, -0.2) is 0 Å². The normalized spacial score (nSPS) is 13.1. The Kier molecular flexibility index (Phi) is 7.48. The standard InChI is InChI=1S/C21H27NO3/c1-3-7-16(2)15-25-19-12-10-17(11-13-19)20(14-23)21(24)22-18-8-5-4-6-9-18/h4-6,8-13,16,20,23H,3,7,14-15H2,1-2H3,(H,22,24). The molecule has 2 rings (SSSR count). The molecule has 0 aliphatic heterocycles. The fourth-order valence-electron chi connectivity index (χ4n) is 2.70. The van der Waals surface area contributed by atoms with E-state index in [9.17, 15) is 9.90 Å². The van der Waals surface area contributed by atoms with Crippen molar-refractivity contribution in [3.63, 3.8) is 0 Å². The predicted octanol–water partition coefficient (Wildman–Crippen LogP) is 4.22. The van der Waals surface area contributed by atoms with Gasteiger partial charge in [0.1, 0.15) is 5.75 Å². The second-order valence-electron chi connectivity index (χ2n) is 6.36. The second kappa shape index (κ2) is 9.84. The van der Waals surface area contributed by atoms with E-state index in [1.54, 1.807) is 0 Å². The van der Waals surface area contributed by atoms with Gasteiger partial charge >= 0.3 is 0 Å². The third-order valence-electron chi connectivity index (χ3n) is 4.14. The first-order chi connectivity index (χ1) is 12.1. The molecule has 0 aromatic heterocycles. The Morgan fingerprint density at radius 3 is 2.40 bits per heavy atom. The Morgan fingerprint density at radius 2 is 1.80 bits per heavy atom. The molecule has 0 saturated carbocycles. The second-order valence-corrected chi connectivity index (χ2v) is 6.36. The number of para-hydroxylation sites is 1. The highest BCUT2D eigenvalue weighted by Gasteiger charge is 2.20. The minimum Gasteiger partial charge on any atom is -0.493 e. The number of hydrogen-bond acceptors (Lipinski definition) is 3. The summed E-state index contributed by atoms with van der Waals surface area (Å²) in [5.74, 6) is 0.477. The molecule has 0 heterocycles. The van der Waals surface area contributed by atoms with Crippen LogP contribution in [0.4, 0.5) is 5.69 Å². The highest BCUT2D eigenvalue weighted by molar-refractivity contribution is 5.95. The Hall–Kier alpha value is -2.33. The van der Waals surface area contributed by atoms with Crippen LogP contribution in [0.5, 0.6) is 5.75 Å². The SMILES string of the molecule is CCCC(C)COc1ccc(C(CO)C(=O)Nc2ccccc2)cc1. The smallest absolute Gasteiger partial charge is 0.234 e. The Labute approximate surface area is 149 Å². The van der Waals surface area contributed by atoms with Gasteiger partial charge in [0.05, 0.1) is 19.1 Å². The highest BCUT2D eigenvalue weighted by Crippen LogP contribution is 2.22. The summed E-state index contributed by atoms with van der Waals surface area (Å²) in [5, 5.41) is 12.5. The molecule has 4 heteroatoms. The van der Waals surface area contributed by atoms with Crippen LogP contribution in [0.1, 0.15) is 38.2 Å². The maximum absolute atomic E-state index is 12.4. The van der Waals surface area contributed by atoms with E-state index in [0.717, 1.165) is 29.8 Å². The molecule has 0 aliphatic rings. The van der Waals surface area contributed by atoms with Crippen LogP contribution in [0.15, 0.2) is 54.6 Å². The molecule has 0 fully saturated rings. The maximum Gasteiger partial charge on any atom is 0.234 e. The van der Waals surface area contributed by atoms with E-state index in [-0.39, 0.29) is 12.5 Å². The maximum atomic E-state index is 12.4. The van der Waals surface area contributed by atoms with Crippen molar-refractivity contribution in [2.24, 2.45) is 5.92 Å². The average molecular weight is 341 g/mol. The van der Waals surface area contributed by atoms with Crippen molar-refractivity contribution in [3.05, 3.63) is 60.2 Å². The molecule has 2 atom stereocenters. The number of carbonyl (C=O) groups excluding carboxylic acids is 1. The van der Waals surface area contributed by atoms with Gasteiger partial charge in [-0.2, -0.15) is 0 Å². The topological polar surface area (TPSA) is 58.6 Å². The third kappa shape index (κ3) is 5.91. The van der Waals surface area contributed by atoms with Crippen LogP contribution in [0.2, 0.25) is 0 Å². The van der Waals surface area contributed by atoms with Gasteiger partial charge in [-0.05, 0) is 42.2 Å². The van der Waals surface area contributed by atoms with Crippen molar-refractivity contribution in [1.82, 2.24) is 0 Å². The molecule has 0 radical (unpaired) electrons. The number of benzene rings is 2. The quantitative estimate of drug-likeness (QED) is 0.718. The minimum absolute atomic E-state index is 0.223. The average Bonchev–Trinajstić information content (AvgIpc) is 2.63. The summed E-state index contributed by atoms with van der Waals surface area (Å²) in [6.07, 6.45) is 2.29. The van der Waals surface area contributed by atoms with Gasteiger partial charge in [0.2, 0.25) is 5.91 Å². The number of carbonyl (C=O) groups is 1. The molecule has 2 unspecified atom stereocenters. The zero-order valence-electron chi connectivity index (χ0n) is 14.9. The van der Waals surface area contributed by atoms with Gasteiger partial charge in [0, 0.05) is 5.69 Å². The first-order valence-electron chi connectivity index (χ1n) is 8.83. The lowest BCUT2D eigenvalue weighted by atomic mass is 9.99. The molecule has 0 saturated heterocycles. The van der Waals surface area contributed by atoms with Gasteiger partial charge in [-0.3, -0.25) is 4.79 Å². The van der Waals surface area contributed by atoms with Crippen LogP contribution in [0.3, 0.4) is 0 Å². The number of hydrogen-bond donors (Lipinski definition) is 2.